The van der Waals surface area contributed by atoms with Crippen molar-refractivity contribution in [2.45, 2.75) is 36.2 Å². The van der Waals surface area contributed by atoms with Gasteiger partial charge < -0.3 is 29.3 Å². The van der Waals surface area contributed by atoms with Crippen LogP contribution < -0.4 is 9.47 Å². The lowest BCUT2D eigenvalue weighted by molar-refractivity contribution is -0.926. The maximum atomic E-state index is 10.6. The average Bonchev–Trinajstić information content (AvgIpc) is 2.91. The lowest BCUT2D eigenvalue weighted by Gasteiger charge is -2.59. The summed E-state index contributed by atoms with van der Waals surface area (Å²) in [5, 5.41) is 31.8. The quantitative estimate of drug-likeness (QED) is 0.396. The molecule has 2 aliphatic carbocycles. The number of nitrogens with zero attached hydrogens (tertiary/aromatic N) is 1. The smallest absolute Gasteiger partial charge is 0.222 e. The summed E-state index contributed by atoms with van der Waals surface area (Å²) in [5.41, 5.74) is 1.43. The normalized spacial score (nSPS) is 38.0. The maximum absolute atomic E-state index is 10.6. The number of quaternary nitrogens is 1. The fraction of sp³-hybridized carbons (Fsp3) is 0.579. The number of rotatable bonds is 1. The summed E-state index contributed by atoms with van der Waals surface area (Å²) in [7, 11) is 6.07. The van der Waals surface area contributed by atoms with Gasteiger partial charge in [-0.1, -0.05) is 6.08 Å². The van der Waals surface area contributed by atoms with Crippen molar-refractivity contribution < 1.29 is 29.3 Å². The molecule has 0 amide bonds. The van der Waals surface area contributed by atoms with Gasteiger partial charge in [0, 0.05) is 36.0 Å². The molecule has 3 N–H and O–H groups in total. The van der Waals surface area contributed by atoms with Crippen molar-refractivity contribution in [2.24, 2.45) is 5.92 Å². The van der Waals surface area contributed by atoms with Gasteiger partial charge in [0.15, 0.2) is 17.6 Å². The highest BCUT2D eigenvalue weighted by Gasteiger charge is 2.70. The number of likely N-dealkylation sites (tertiary alicyclic amines) is 1. The number of hydrogen-bond acceptors (Lipinski definition) is 5. The number of ether oxygens (including phenoxy) is 2. The number of benzene rings is 1. The first kappa shape index (κ1) is 15.5. The van der Waals surface area contributed by atoms with Gasteiger partial charge in [0.25, 0.3) is 0 Å². The van der Waals surface area contributed by atoms with E-state index >= 15 is 0 Å². The predicted octanol–water partition coefficient (Wildman–Crippen LogP) is 0.671. The summed E-state index contributed by atoms with van der Waals surface area (Å²) in [6.45, 7) is 0.918. The first-order valence-electron chi connectivity index (χ1n) is 8.79. The van der Waals surface area contributed by atoms with Crippen molar-refractivity contribution in [1.29, 1.82) is 0 Å². The van der Waals surface area contributed by atoms with Gasteiger partial charge >= 0.3 is 0 Å². The van der Waals surface area contributed by atoms with Crippen molar-refractivity contribution in [1.82, 2.24) is 0 Å². The highest BCUT2D eigenvalue weighted by atomic mass is 16.6. The van der Waals surface area contributed by atoms with Gasteiger partial charge in [0.1, 0.15) is 11.8 Å². The summed E-state index contributed by atoms with van der Waals surface area (Å²) in [6, 6.07) is 1.88. The molecule has 25 heavy (non-hydrogen) atoms. The minimum atomic E-state index is -2.05. The van der Waals surface area contributed by atoms with Gasteiger partial charge in [-0.15, -0.1) is 0 Å². The molecule has 2 aliphatic heterocycles. The standard InChI is InChI=1S/C19H23NO5/c1-20(2)7-6-18-11-4-5-19(22,23)17(18)25-16-13(21)9-14(24-3)10(15(16)18)8-12(11)20/h4-5,9,11-12,17,22-23H,6-8H2,1-3H3/p+1/t11-,12+,17+,18-/m0/s1. The Morgan fingerprint density at radius 1 is 1.32 bits per heavy atom. The highest BCUT2D eigenvalue weighted by Crippen LogP contribution is 2.65. The number of phenolic OH excluding ortho intramolecular Hbond substituents is 1. The first-order valence-corrected chi connectivity index (χ1v) is 8.79. The van der Waals surface area contributed by atoms with Crippen LogP contribution in [0.15, 0.2) is 18.2 Å². The van der Waals surface area contributed by atoms with E-state index in [1.165, 1.54) is 6.08 Å². The lowest BCUT2D eigenvalue weighted by Crippen LogP contribution is -2.72. The van der Waals surface area contributed by atoms with Crippen LogP contribution in [0.3, 0.4) is 0 Å². The molecule has 2 bridgehead atoms. The highest BCUT2D eigenvalue weighted by molar-refractivity contribution is 5.66. The zero-order chi connectivity index (χ0) is 17.8. The van der Waals surface area contributed by atoms with E-state index in [0.717, 1.165) is 35.0 Å². The molecular weight excluding hydrogens is 322 g/mol. The maximum Gasteiger partial charge on any atom is 0.222 e. The molecule has 0 saturated carbocycles. The molecule has 1 fully saturated rings. The van der Waals surface area contributed by atoms with Gasteiger partial charge in [-0.3, -0.25) is 0 Å². The van der Waals surface area contributed by atoms with Crippen LogP contribution in [0.25, 0.3) is 0 Å². The molecule has 0 aromatic heterocycles. The van der Waals surface area contributed by atoms with E-state index in [9.17, 15) is 15.3 Å². The van der Waals surface area contributed by atoms with Crippen LogP contribution in [0.5, 0.6) is 17.2 Å². The zero-order valence-electron chi connectivity index (χ0n) is 14.7. The Labute approximate surface area is 146 Å². The van der Waals surface area contributed by atoms with E-state index in [2.05, 4.69) is 14.1 Å². The van der Waals surface area contributed by atoms with E-state index < -0.39 is 17.3 Å². The van der Waals surface area contributed by atoms with Gasteiger partial charge in [-0.2, -0.15) is 0 Å². The molecule has 5 rings (SSSR count). The number of piperidine rings is 1. The minimum Gasteiger partial charge on any atom is -0.504 e. The van der Waals surface area contributed by atoms with Gasteiger partial charge in [0.05, 0.1) is 33.2 Å². The summed E-state index contributed by atoms with van der Waals surface area (Å²) >= 11 is 0. The van der Waals surface area contributed by atoms with Crippen LogP contribution in [0, 0.1) is 5.92 Å². The van der Waals surface area contributed by atoms with Crippen LogP contribution in [-0.2, 0) is 11.8 Å². The van der Waals surface area contributed by atoms with Crippen molar-refractivity contribution in [3.05, 3.63) is 29.3 Å². The van der Waals surface area contributed by atoms with E-state index in [-0.39, 0.29) is 11.7 Å². The molecule has 134 valence electrons. The average molecular weight is 346 g/mol. The Morgan fingerprint density at radius 3 is 2.80 bits per heavy atom. The van der Waals surface area contributed by atoms with Crippen molar-refractivity contribution in [3.63, 3.8) is 0 Å². The topological polar surface area (TPSA) is 79.2 Å². The van der Waals surface area contributed by atoms with Crippen LogP contribution in [0.4, 0.5) is 0 Å². The summed E-state index contributed by atoms with van der Waals surface area (Å²) in [5.74, 6) is -0.863. The molecule has 1 saturated heterocycles. The van der Waals surface area contributed by atoms with Crippen LogP contribution in [0.2, 0.25) is 0 Å². The number of hydrogen-bond donors (Lipinski definition) is 3. The minimum absolute atomic E-state index is 0.00620. The van der Waals surface area contributed by atoms with E-state index in [0.29, 0.717) is 17.5 Å². The van der Waals surface area contributed by atoms with Crippen LogP contribution in [0.1, 0.15) is 17.5 Å². The molecule has 1 aromatic carbocycles. The van der Waals surface area contributed by atoms with E-state index in [1.807, 2.05) is 6.08 Å². The summed E-state index contributed by atoms with van der Waals surface area (Å²) in [6.07, 6.45) is 4.19. The molecule has 1 spiro atoms. The molecule has 4 atom stereocenters. The van der Waals surface area contributed by atoms with Gasteiger partial charge in [0.2, 0.25) is 5.79 Å². The van der Waals surface area contributed by atoms with Crippen molar-refractivity contribution in [2.75, 3.05) is 27.7 Å². The molecular formula is C19H24NO5+. The lowest BCUT2D eigenvalue weighted by atomic mass is 9.52. The number of methoxy groups -OCH3 is 1. The third-order valence-electron chi connectivity index (χ3n) is 7.07. The van der Waals surface area contributed by atoms with Gasteiger partial charge in [-0.05, 0) is 6.08 Å². The van der Waals surface area contributed by atoms with Crippen molar-refractivity contribution in [3.8, 4) is 17.2 Å². The predicted molar refractivity (Wildman–Crippen MR) is 89.6 cm³/mol. The Bertz CT molecular complexity index is 815. The number of aromatic hydroxyl groups is 1. The monoisotopic (exact) mass is 346 g/mol. The molecule has 6 nitrogen and oxygen atoms in total. The number of likely N-dealkylation sites (N-methyl/N-ethyl adjacent to an activating group) is 1. The first-order chi connectivity index (χ1) is 11.7. The second-order valence-corrected chi connectivity index (χ2v) is 8.51. The zero-order valence-corrected chi connectivity index (χ0v) is 14.7. The molecule has 1 aromatic rings. The Kier molecular flexibility index (Phi) is 2.67. The Balaban J connectivity index is 1.87. The van der Waals surface area contributed by atoms with E-state index in [4.69, 9.17) is 9.47 Å². The molecule has 4 aliphatic rings. The fourth-order valence-electron chi connectivity index (χ4n) is 5.88. The summed E-state index contributed by atoms with van der Waals surface area (Å²) in [4.78, 5) is 0. The molecule has 6 heteroatoms. The third kappa shape index (κ3) is 1.61. The fourth-order valence-corrected chi connectivity index (χ4v) is 5.88. The second-order valence-electron chi connectivity index (χ2n) is 8.51. The van der Waals surface area contributed by atoms with Crippen LogP contribution in [-0.4, -0.2) is 65.5 Å². The van der Waals surface area contributed by atoms with E-state index in [1.54, 1.807) is 13.2 Å². The second kappa shape index (κ2) is 4.31. The number of phenols is 1. The SMILES string of the molecule is COc1cc(O)c2c3c1C[C@@H]1[C@@H]4C=CC(O)(O)[C@H](O2)[C@]34CC[N+]1(C)C. The molecule has 2 heterocycles. The Hall–Kier alpha value is -1.76. The van der Waals surface area contributed by atoms with Crippen LogP contribution >= 0.6 is 0 Å². The molecule has 0 radical (unpaired) electrons. The number of aliphatic hydroxyl groups is 2. The van der Waals surface area contributed by atoms with Crippen molar-refractivity contribution >= 4 is 0 Å². The summed E-state index contributed by atoms with van der Waals surface area (Å²) < 4.78 is 12.5. The van der Waals surface area contributed by atoms with Gasteiger partial charge in [-0.25, -0.2) is 0 Å². The Morgan fingerprint density at radius 2 is 2.08 bits per heavy atom. The largest absolute Gasteiger partial charge is 0.504 e. The molecule has 0 unspecified atom stereocenters. The third-order valence-corrected chi connectivity index (χ3v) is 7.07.